The third kappa shape index (κ3) is 9.08. The second kappa shape index (κ2) is 13.2. The van der Waals surface area contributed by atoms with Crippen LogP contribution in [0.3, 0.4) is 0 Å². The van der Waals surface area contributed by atoms with Crippen molar-refractivity contribution in [2.24, 2.45) is 11.8 Å². The molecule has 1 aromatic heterocycles. The molecule has 1 aliphatic rings. The quantitative estimate of drug-likeness (QED) is 0.325. The number of carboxylic acid groups (broad SMARTS) is 1. The molecule has 3 atom stereocenters. The Bertz CT molecular complexity index is 788. The smallest absolute Gasteiger partial charge is 0.328 e. The van der Waals surface area contributed by atoms with E-state index in [1.54, 1.807) is 5.38 Å². The number of aromatic nitrogens is 1. The molecule has 0 saturated heterocycles. The highest BCUT2D eigenvalue weighted by Crippen LogP contribution is 2.36. The second-order valence-corrected chi connectivity index (χ2v) is 17.3. The highest BCUT2D eigenvalue weighted by molar-refractivity contribution is 7.09. The van der Waals surface area contributed by atoms with E-state index < -0.39 is 26.2 Å². The van der Waals surface area contributed by atoms with Crippen molar-refractivity contribution in [1.82, 2.24) is 10.3 Å². The van der Waals surface area contributed by atoms with E-state index in [0.717, 1.165) is 17.3 Å². The van der Waals surface area contributed by atoms with Crippen LogP contribution in [-0.2, 0) is 15.6 Å². The van der Waals surface area contributed by atoms with Crippen molar-refractivity contribution in [1.29, 1.82) is 0 Å². The van der Waals surface area contributed by atoms with E-state index in [0.29, 0.717) is 11.6 Å². The van der Waals surface area contributed by atoms with E-state index in [1.807, 2.05) is 0 Å². The van der Waals surface area contributed by atoms with Gasteiger partial charge in [0.1, 0.15) is 11.7 Å². The number of thiazole rings is 1. The fraction of sp³-hybridized carbons (Fsp3) is 0.808. The number of unbranched alkanes of at least 4 members (excludes halogenated alkanes) is 1. The molecule has 0 bridgehead atoms. The predicted octanol–water partition coefficient (Wildman–Crippen LogP) is 6.67. The first-order valence-corrected chi connectivity index (χ1v) is 16.8. The van der Waals surface area contributed by atoms with Gasteiger partial charge in [0.25, 0.3) is 5.91 Å². The number of hydrogen-bond donors (Lipinski definition) is 2. The second-order valence-electron chi connectivity index (χ2n) is 11.5. The standard InChI is InChI=1S/C26H46N2O4SSi/c1-7-8-11-19-12-9-10-13-20(15-14-19)16-23-27-22(18-33-23)24(29)28-21(25(30)31)17-32-34(5,6)26(2,3)4/h18-21H,7-17H2,1-6H3,(H,28,29)(H,30,31)/t19?,20?,21-/m0/s1. The molecule has 2 rings (SSSR count). The fourth-order valence-electron chi connectivity index (χ4n) is 4.28. The zero-order valence-corrected chi connectivity index (χ0v) is 23.9. The minimum Gasteiger partial charge on any atom is -0.480 e. The lowest BCUT2D eigenvalue weighted by atomic mass is 9.82. The number of nitrogens with zero attached hydrogens (tertiary/aromatic N) is 1. The summed E-state index contributed by atoms with van der Waals surface area (Å²) in [5.74, 6) is -0.0428. The maximum absolute atomic E-state index is 12.8. The average Bonchev–Trinajstić information content (AvgIpc) is 3.20. The maximum Gasteiger partial charge on any atom is 0.328 e. The lowest BCUT2D eigenvalue weighted by molar-refractivity contribution is -0.140. The SMILES string of the molecule is CCCCC1CCCCC(Cc2nc(C(=O)N[C@@H](CO[Si](C)(C)C(C)(C)C)C(=O)O)cs2)CC1. The highest BCUT2D eigenvalue weighted by atomic mass is 32.1. The highest BCUT2D eigenvalue weighted by Gasteiger charge is 2.38. The molecule has 1 amide bonds. The minimum atomic E-state index is -2.11. The van der Waals surface area contributed by atoms with Crippen LogP contribution in [-0.4, -0.2) is 42.9 Å². The van der Waals surface area contributed by atoms with Gasteiger partial charge in [-0.1, -0.05) is 79.1 Å². The van der Waals surface area contributed by atoms with Crippen LogP contribution in [0.2, 0.25) is 18.1 Å². The molecule has 0 spiro atoms. The summed E-state index contributed by atoms with van der Waals surface area (Å²) in [7, 11) is -2.11. The molecular weight excluding hydrogens is 464 g/mol. The number of carbonyl (C=O) groups excluding carboxylic acids is 1. The molecule has 6 nitrogen and oxygen atoms in total. The zero-order chi connectivity index (χ0) is 25.4. The summed E-state index contributed by atoms with van der Waals surface area (Å²) < 4.78 is 6.04. The zero-order valence-electron chi connectivity index (χ0n) is 22.1. The molecule has 34 heavy (non-hydrogen) atoms. The molecule has 194 valence electrons. The molecule has 0 radical (unpaired) electrons. The van der Waals surface area contributed by atoms with Crippen LogP contribution >= 0.6 is 11.3 Å². The van der Waals surface area contributed by atoms with Crippen molar-refractivity contribution in [2.75, 3.05) is 6.61 Å². The Morgan fingerprint density at radius 2 is 1.85 bits per heavy atom. The van der Waals surface area contributed by atoms with E-state index in [4.69, 9.17) is 4.43 Å². The average molecular weight is 511 g/mol. The summed E-state index contributed by atoms with van der Waals surface area (Å²) in [6.07, 6.45) is 12.6. The summed E-state index contributed by atoms with van der Waals surface area (Å²) in [6, 6.07) is -1.09. The number of hydrogen-bond acceptors (Lipinski definition) is 5. The Morgan fingerprint density at radius 1 is 1.21 bits per heavy atom. The van der Waals surface area contributed by atoms with E-state index in [1.165, 1.54) is 69.1 Å². The van der Waals surface area contributed by atoms with Gasteiger partial charge in [-0.15, -0.1) is 11.3 Å². The fourth-order valence-corrected chi connectivity index (χ4v) is 6.19. The molecule has 0 aromatic carbocycles. The van der Waals surface area contributed by atoms with Crippen LogP contribution in [0.5, 0.6) is 0 Å². The van der Waals surface area contributed by atoms with Gasteiger partial charge in [-0.3, -0.25) is 4.79 Å². The van der Waals surface area contributed by atoms with Gasteiger partial charge >= 0.3 is 5.97 Å². The van der Waals surface area contributed by atoms with Crippen LogP contribution < -0.4 is 5.32 Å². The Morgan fingerprint density at radius 3 is 2.47 bits per heavy atom. The Labute approximate surface area is 211 Å². The van der Waals surface area contributed by atoms with Gasteiger partial charge in [-0.2, -0.15) is 0 Å². The van der Waals surface area contributed by atoms with Crippen LogP contribution in [0, 0.1) is 11.8 Å². The lowest BCUT2D eigenvalue weighted by Gasteiger charge is -2.36. The van der Waals surface area contributed by atoms with Gasteiger partial charge in [0, 0.05) is 11.8 Å². The van der Waals surface area contributed by atoms with Gasteiger partial charge in [-0.05, 0) is 36.4 Å². The van der Waals surface area contributed by atoms with E-state index in [2.05, 4.69) is 51.1 Å². The largest absolute Gasteiger partial charge is 0.480 e. The lowest BCUT2D eigenvalue weighted by Crippen LogP contribution is -2.49. The van der Waals surface area contributed by atoms with Crippen molar-refractivity contribution in [3.05, 3.63) is 16.1 Å². The topological polar surface area (TPSA) is 88.5 Å². The van der Waals surface area contributed by atoms with E-state index >= 15 is 0 Å². The molecule has 8 heteroatoms. The first-order valence-electron chi connectivity index (χ1n) is 13.0. The molecule has 2 unspecified atom stereocenters. The van der Waals surface area contributed by atoms with Gasteiger partial charge in [0.15, 0.2) is 8.32 Å². The maximum atomic E-state index is 12.8. The monoisotopic (exact) mass is 510 g/mol. The van der Waals surface area contributed by atoms with Crippen LogP contribution in [0.1, 0.15) is 101 Å². The molecular formula is C26H46N2O4SSi. The number of aliphatic carboxylic acids is 1. The van der Waals surface area contributed by atoms with Crippen molar-refractivity contribution >= 4 is 31.5 Å². The predicted molar refractivity (Wildman–Crippen MR) is 142 cm³/mol. The molecule has 1 aromatic rings. The minimum absolute atomic E-state index is 0.0308. The van der Waals surface area contributed by atoms with E-state index in [-0.39, 0.29) is 11.6 Å². The van der Waals surface area contributed by atoms with Crippen molar-refractivity contribution < 1.29 is 19.1 Å². The number of amides is 1. The van der Waals surface area contributed by atoms with Crippen molar-refractivity contribution in [3.63, 3.8) is 0 Å². The number of carbonyl (C=O) groups is 2. The Hall–Kier alpha value is -1.25. The normalized spacial score (nSPS) is 20.9. The molecule has 1 fully saturated rings. The Balaban J connectivity index is 1.92. The van der Waals surface area contributed by atoms with Gasteiger partial charge in [0.2, 0.25) is 0 Å². The van der Waals surface area contributed by atoms with Crippen molar-refractivity contribution in [2.45, 2.75) is 116 Å². The van der Waals surface area contributed by atoms with Gasteiger partial charge in [-0.25, -0.2) is 9.78 Å². The Kier molecular flexibility index (Phi) is 11.2. The van der Waals surface area contributed by atoms with E-state index in [9.17, 15) is 14.7 Å². The van der Waals surface area contributed by atoms with Gasteiger partial charge in [0.05, 0.1) is 11.6 Å². The first-order chi connectivity index (χ1) is 15.9. The molecule has 2 N–H and O–H groups in total. The molecule has 1 heterocycles. The summed E-state index contributed by atoms with van der Waals surface area (Å²) in [5.41, 5.74) is 0.310. The summed E-state index contributed by atoms with van der Waals surface area (Å²) in [6.45, 7) is 12.7. The molecule has 1 saturated carbocycles. The summed E-state index contributed by atoms with van der Waals surface area (Å²) in [4.78, 5) is 29.1. The van der Waals surface area contributed by atoms with Crippen LogP contribution in [0.4, 0.5) is 0 Å². The number of nitrogens with one attached hydrogen (secondary N) is 1. The number of rotatable bonds is 11. The van der Waals surface area contributed by atoms with Crippen LogP contribution in [0.25, 0.3) is 0 Å². The first kappa shape index (κ1) is 29.0. The summed E-state index contributed by atoms with van der Waals surface area (Å²) in [5, 5.41) is 14.9. The third-order valence-corrected chi connectivity index (χ3v) is 13.1. The third-order valence-electron chi connectivity index (χ3n) is 7.69. The van der Waals surface area contributed by atoms with Gasteiger partial charge < -0.3 is 14.8 Å². The molecule has 0 aliphatic heterocycles. The summed E-state index contributed by atoms with van der Waals surface area (Å²) >= 11 is 1.51. The van der Waals surface area contributed by atoms with Crippen LogP contribution in [0.15, 0.2) is 5.38 Å². The molecule has 1 aliphatic carbocycles. The number of carboxylic acids is 1. The van der Waals surface area contributed by atoms with Crippen molar-refractivity contribution in [3.8, 4) is 0 Å².